The smallest absolute Gasteiger partial charge is 0.356 e. The molecule has 0 fully saturated rings. The summed E-state index contributed by atoms with van der Waals surface area (Å²) >= 11 is 6.03. The van der Waals surface area contributed by atoms with Crippen LogP contribution in [0.4, 0.5) is 19.0 Å². The van der Waals surface area contributed by atoms with Crippen LogP contribution < -0.4 is 10.6 Å². The van der Waals surface area contributed by atoms with Gasteiger partial charge >= 0.3 is 6.18 Å². The standard InChI is InChI=1S/C19H20ClF3N6O.2H2/c1-10(2)18(3,17(30)27-9-19(21,22)23)29-14-4-5-24-16(28-14)13-8-26-15-12(13)6-11(20)7-25-15;;/h4-8,10H,9H2,1-3H3,(H,25,26)(H,27,30)(H,24,28,29);2*1H/t18-;;/m0../s1. The van der Waals surface area contributed by atoms with Gasteiger partial charge in [-0.3, -0.25) is 4.79 Å². The molecule has 30 heavy (non-hydrogen) atoms. The molecule has 0 aliphatic heterocycles. The topological polar surface area (TPSA) is 95.6 Å². The Morgan fingerprint density at radius 1 is 1.33 bits per heavy atom. The first-order valence-corrected chi connectivity index (χ1v) is 9.46. The lowest BCUT2D eigenvalue weighted by Gasteiger charge is -2.34. The molecule has 0 aliphatic rings. The maximum absolute atomic E-state index is 12.5. The van der Waals surface area contributed by atoms with Crippen molar-refractivity contribution in [1.29, 1.82) is 0 Å². The van der Waals surface area contributed by atoms with Crippen molar-refractivity contribution in [2.24, 2.45) is 5.92 Å². The highest BCUT2D eigenvalue weighted by atomic mass is 35.5. The zero-order valence-electron chi connectivity index (χ0n) is 16.4. The summed E-state index contributed by atoms with van der Waals surface area (Å²) in [5, 5.41) is 6.08. The Morgan fingerprint density at radius 3 is 2.73 bits per heavy atom. The van der Waals surface area contributed by atoms with Crippen LogP contribution in [0.5, 0.6) is 0 Å². The van der Waals surface area contributed by atoms with E-state index in [4.69, 9.17) is 11.6 Å². The minimum Gasteiger partial charge on any atom is -0.356 e. The lowest BCUT2D eigenvalue weighted by Crippen LogP contribution is -2.55. The van der Waals surface area contributed by atoms with Crippen molar-refractivity contribution in [3.05, 3.63) is 35.7 Å². The van der Waals surface area contributed by atoms with Crippen molar-refractivity contribution in [2.75, 3.05) is 11.9 Å². The molecule has 0 spiro atoms. The van der Waals surface area contributed by atoms with Gasteiger partial charge in [-0.1, -0.05) is 25.4 Å². The molecule has 1 atom stereocenters. The fourth-order valence-electron chi connectivity index (χ4n) is 2.81. The Bertz CT molecular complexity index is 1080. The summed E-state index contributed by atoms with van der Waals surface area (Å²) in [5.74, 6) is -0.474. The summed E-state index contributed by atoms with van der Waals surface area (Å²) in [6.45, 7) is 3.58. The maximum atomic E-state index is 12.5. The average molecular weight is 445 g/mol. The number of pyridine rings is 1. The molecule has 0 aliphatic carbocycles. The number of fused-ring (bicyclic) bond motifs is 1. The van der Waals surface area contributed by atoms with Gasteiger partial charge in [0.1, 0.15) is 23.5 Å². The molecule has 0 radical (unpaired) electrons. The van der Waals surface area contributed by atoms with Gasteiger partial charge in [0.2, 0.25) is 5.91 Å². The molecule has 0 saturated carbocycles. The third-order valence-electron chi connectivity index (χ3n) is 4.86. The van der Waals surface area contributed by atoms with Crippen molar-refractivity contribution >= 4 is 34.4 Å². The fraction of sp³-hybridized carbons (Fsp3) is 0.368. The molecular formula is C19H24ClF3N6O. The molecule has 3 heterocycles. The third kappa shape index (κ3) is 4.64. The van der Waals surface area contributed by atoms with Crippen molar-refractivity contribution < 1.29 is 20.8 Å². The van der Waals surface area contributed by atoms with E-state index in [9.17, 15) is 18.0 Å². The first-order valence-electron chi connectivity index (χ1n) is 9.09. The number of carbonyl (C=O) groups is 1. The molecule has 0 aromatic carbocycles. The van der Waals surface area contributed by atoms with E-state index in [0.29, 0.717) is 33.3 Å². The lowest BCUT2D eigenvalue weighted by molar-refractivity contribution is -0.141. The van der Waals surface area contributed by atoms with Crippen LogP contribution in [0.2, 0.25) is 5.02 Å². The molecule has 164 valence electrons. The number of alkyl halides is 3. The maximum Gasteiger partial charge on any atom is 0.405 e. The number of nitrogens with zero attached hydrogens (tertiary/aromatic N) is 3. The second kappa shape index (κ2) is 8.10. The number of aromatic amines is 1. The number of hydrogen-bond acceptors (Lipinski definition) is 5. The van der Waals surface area contributed by atoms with Gasteiger partial charge in [-0.05, 0) is 25.0 Å². The third-order valence-corrected chi connectivity index (χ3v) is 5.06. The normalized spacial score (nSPS) is 14.0. The zero-order valence-corrected chi connectivity index (χ0v) is 17.2. The van der Waals surface area contributed by atoms with Gasteiger partial charge < -0.3 is 15.6 Å². The first kappa shape index (κ1) is 21.8. The van der Waals surface area contributed by atoms with Crippen LogP contribution in [0.15, 0.2) is 30.7 Å². The number of H-pyrrole nitrogens is 1. The number of halogens is 4. The van der Waals surface area contributed by atoms with Gasteiger partial charge in [0.15, 0.2) is 5.82 Å². The van der Waals surface area contributed by atoms with Crippen LogP contribution >= 0.6 is 11.6 Å². The van der Waals surface area contributed by atoms with E-state index in [-0.39, 0.29) is 8.77 Å². The summed E-state index contributed by atoms with van der Waals surface area (Å²) in [6.07, 6.45) is 0.192. The van der Waals surface area contributed by atoms with Gasteiger partial charge in [0, 0.05) is 32.4 Å². The SMILES string of the molecule is CC(C)[C@](C)(Nc1ccnc(-c2c[nH]c3ncc(Cl)cc23)n1)C(=O)NCC(F)(F)F.[HH].[HH]. The monoisotopic (exact) mass is 444 g/mol. The van der Waals surface area contributed by atoms with Crippen molar-refractivity contribution in [2.45, 2.75) is 32.5 Å². The minimum atomic E-state index is -4.50. The number of anilines is 1. The highest BCUT2D eigenvalue weighted by Crippen LogP contribution is 2.29. The molecule has 3 aromatic heterocycles. The van der Waals surface area contributed by atoms with Crippen LogP contribution in [0, 0.1) is 5.92 Å². The van der Waals surface area contributed by atoms with E-state index in [2.05, 4.69) is 25.3 Å². The second-order valence-corrected chi connectivity index (χ2v) is 7.73. The van der Waals surface area contributed by atoms with Crippen molar-refractivity contribution in [1.82, 2.24) is 25.3 Å². The zero-order chi connectivity index (χ0) is 22.1. The largest absolute Gasteiger partial charge is 0.405 e. The first-order chi connectivity index (χ1) is 14.0. The molecule has 3 rings (SSSR count). The Morgan fingerprint density at radius 2 is 2.07 bits per heavy atom. The number of rotatable bonds is 6. The number of hydrogen-bond donors (Lipinski definition) is 3. The second-order valence-electron chi connectivity index (χ2n) is 7.30. The molecule has 3 N–H and O–H groups in total. The van der Waals surface area contributed by atoms with Crippen molar-refractivity contribution in [3.63, 3.8) is 0 Å². The lowest BCUT2D eigenvalue weighted by atomic mass is 9.87. The quantitative estimate of drug-likeness (QED) is 0.513. The Labute approximate surface area is 178 Å². The summed E-state index contributed by atoms with van der Waals surface area (Å²) in [4.78, 5) is 28.4. The Balaban J connectivity index is 0.00000256. The number of amides is 1. The minimum absolute atomic E-state index is 0. The van der Waals surface area contributed by atoms with Gasteiger partial charge in [-0.2, -0.15) is 13.2 Å². The molecule has 3 aromatic rings. The van der Waals surface area contributed by atoms with Gasteiger partial charge in [-0.15, -0.1) is 0 Å². The molecule has 0 saturated heterocycles. The van der Waals surface area contributed by atoms with Crippen LogP contribution in [0.1, 0.15) is 23.6 Å². The summed E-state index contributed by atoms with van der Waals surface area (Å²) < 4.78 is 37.6. The van der Waals surface area contributed by atoms with E-state index in [1.165, 1.54) is 19.3 Å². The molecule has 7 nitrogen and oxygen atoms in total. The molecule has 0 unspecified atom stereocenters. The van der Waals surface area contributed by atoms with Crippen LogP contribution in [-0.2, 0) is 4.79 Å². The summed E-state index contributed by atoms with van der Waals surface area (Å²) in [5.41, 5.74) is -0.0755. The highest BCUT2D eigenvalue weighted by molar-refractivity contribution is 6.31. The van der Waals surface area contributed by atoms with E-state index >= 15 is 0 Å². The van der Waals surface area contributed by atoms with Crippen molar-refractivity contribution in [3.8, 4) is 11.4 Å². The van der Waals surface area contributed by atoms with Crippen LogP contribution in [0.3, 0.4) is 0 Å². The van der Waals surface area contributed by atoms with Crippen LogP contribution in [0.25, 0.3) is 22.4 Å². The van der Waals surface area contributed by atoms with Gasteiger partial charge in [-0.25, -0.2) is 15.0 Å². The van der Waals surface area contributed by atoms with E-state index in [1.807, 2.05) is 5.32 Å². The number of nitrogens with one attached hydrogen (secondary N) is 3. The van der Waals surface area contributed by atoms with E-state index < -0.39 is 24.2 Å². The molecule has 0 bridgehead atoms. The summed E-state index contributed by atoms with van der Waals surface area (Å²) in [6, 6.07) is 3.27. The predicted molar refractivity (Wildman–Crippen MR) is 112 cm³/mol. The van der Waals surface area contributed by atoms with E-state index in [0.717, 1.165) is 0 Å². The van der Waals surface area contributed by atoms with E-state index in [1.54, 1.807) is 32.2 Å². The molecular weight excluding hydrogens is 421 g/mol. The molecule has 1 amide bonds. The average Bonchev–Trinajstić information content (AvgIpc) is 3.08. The predicted octanol–water partition coefficient (Wildman–Crippen LogP) is 4.67. The Kier molecular flexibility index (Phi) is 5.89. The molecule has 11 heteroatoms. The summed E-state index contributed by atoms with van der Waals surface area (Å²) in [7, 11) is 0. The van der Waals surface area contributed by atoms with Crippen LogP contribution in [-0.4, -0.2) is 44.1 Å². The van der Waals surface area contributed by atoms with Gasteiger partial charge in [0.25, 0.3) is 0 Å². The highest BCUT2D eigenvalue weighted by Gasteiger charge is 2.39. The number of carbonyl (C=O) groups excluding carboxylic acids is 1. The fourth-order valence-corrected chi connectivity index (χ4v) is 2.97. The van der Waals surface area contributed by atoms with Gasteiger partial charge in [0.05, 0.1) is 5.02 Å². The number of aromatic nitrogens is 4. The Hall–Kier alpha value is -2.88.